The molecule has 0 atom stereocenters. The first kappa shape index (κ1) is 15.5. The average molecular weight is 382 g/mol. The largest absolute Gasteiger partial charge is 0.495 e. The van der Waals surface area contributed by atoms with E-state index in [1.54, 1.807) is 18.2 Å². The molecule has 116 valence electrons. The van der Waals surface area contributed by atoms with E-state index in [1.807, 2.05) is 24.3 Å². The van der Waals surface area contributed by atoms with Gasteiger partial charge in [-0.3, -0.25) is 0 Å². The van der Waals surface area contributed by atoms with Gasteiger partial charge in [0.05, 0.1) is 7.11 Å². The fraction of sp³-hybridized carbons (Fsp3) is 0.250. The zero-order chi connectivity index (χ0) is 15.7. The zero-order valence-electron chi connectivity index (χ0n) is 12.0. The van der Waals surface area contributed by atoms with Crippen LogP contribution in [0.5, 0.6) is 5.75 Å². The van der Waals surface area contributed by atoms with Gasteiger partial charge in [0, 0.05) is 10.5 Å². The second-order valence-corrected chi connectivity index (χ2v) is 7.89. The molecule has 0 saturated heterocycles. The summed E-state index contributed by atoms with van der Waals surface area (Å²) in [5.41, 5.74) is 2.41. The third kappa shape index (κ3) is 3.04. The van der Waals surface area contributed by atoms with Crippen LogP contribution in [0.15, 0.2) is 51.8 Å². The van der Waals surface area contributed by atoms with Crippen molar-refractivity contribution in [1.29, 1.82) is 0 Å². The minimum Gasteiger partial charge on any atom is -0.495 e. The van der Waals surface area contributed by atoms with Crippen LogP contribution in [-0.2, 0) is 22.9 Å². The van der Waals surface area contributed by atoms with E-state index in [1.165, 1.54) is 18.2 Å². The Bertz CT molecular complexity index is 780. The number of fused-ring (bicyclic) bond motifs is 1. The summed E-state index contributed by atoms with van der Waals surface area (Å²) < 4.78 is 34.0. The van der Waals surface area contributed by atoms with Gasteiger partial charge in [-0.15, -0.1) is 0 Å². The maximum atomic E-state index is 12.7. The molecule has 3 rings (SSSR count). The van der Waals surface area contributed by atoms with Gasteiger partial charge in [-0.25, -0.2) is 13.1 Å². The molecule has 0 unspecified atom stereocenters. The smallest absolute Gasteiger partial charge is 0.244 e. The van der Waals surface area contributed by atoms with Gasteiger partial charge in [0.25, 0.3) is 0 Å². The zero-order valence-corrected chi connectivity index (χ0v) is 14.4. The highest BCUT2D eigenvalue weighted by Gasteiger charge is 2.28. The highest BCUT2D eigenvalue weighted by atomic mass is 79.9. The monoisotopic (exact) mass is 381 g/mol. The van der Waals surface area contributed by atoms with Crippen molar-refractivity contribution in [3.63, 3.8) is 0 Å². The topological polar surface area (TPSA) is 55.4 Å². The van der Waals surface area contributed by atoms with E-state index >= 15 is 0 Å². The number of nitrogens with one attached hydrogen (secondary N) is 1. The van der Waals surface area contributed by atoms with Gasteiger partial charge in [0.1, 0.15) is 10.6 Å². The second-order valence-electron chi connectivity index (χ2n) is 5.29. The molecular formula is C16H16BrNO3S. The van der Waals surface area contributed by atoms with Crippen molar-refractivity contribution in [1.82, 2.24) is 4.72 Å². The standard InChI is InChI=1S/C16H16BrNO3S/c1-21-15-7-6-13(17)10-16(15)22(19,20)18-14-8-11-4-2-3-5-12(11)9-14/h2-7,10,14,18H,8-9H2,1H3. The summed E-state index contributed by atoms with van der Waals surface area (Å²) in [5, 5.41) is 0. The summed E-state index contributed by atoms with van der Waals surface area (Å²) in [5.74, 6) is 0.339. The Morgan fingerprint density at radius 1 is 1.14 bits per heavy atom. The van der Waals surface area contributed by atoms with Crippen molar-refractivity contribution in [3.05, 3.63) is 58.1 Å². The van der Waals surface area contributed by atoms with Crippen LogP contribution in [0.1, 0.15) is 11.1 Å². The Labute approximate surface area is 138 Å². The lowest BCUT2D eigenvalue weighted by molar-refractivity contribution is 0.402. The summed E-state index contributed by atoms with van der Waals surface area (Å²) in [6, 6.07) is 12.9. The van der Waals surface area contributed by atoms with E-state index < -0.39 is 10.0 Å². The lowest BCUT2D eigenvalue weighted by Crippen LogP contribution is -2.35. The molecule has 0 heterocycles. The fourth-order valence-electron chi connectivity index (χ4n) is 2.79. The van der Waals surface area contributed by atoms with E-state index in [2.05, 4.69) is 20.7 Å². The predicted molar refractivity (Wildman–Crippen MR) is 88.7 cm³/mol. The quantitative estimate of drug-likeness (QED) is 0.885. The molecule has 0 aromatic heterocycles. The molecule has 1 aliphatic carbocycles. The van der Waals surface area contributed by atoms with E-state index in [9.17, 15) is 8.42 Å². The van der Waals surface area contributed by atoms with Crippen molar-refractivity contribution >= 4 is 26.0 Å². The number of benzene rings is 2. The normalized spacial score (nSPS) is 14.8. The molecule has 0 saturated carbocycles. The lowest BCUT2D eigenvalue weighted by Gasteiger charge is -2.15. The van der Waals surface area contributed by atoms with Crippen LogP contribution in [-0.4, -0.2) is 21.6 Å². The first-order valence-corrected chi connectivity index (χ1v) is 9.20. The Morgan fingerprint density at radius 3 is 2.36 bits per heavy atom. The molecule has 4 nitrogen and oxygen atoms in total. The molecule has 0 fully saturated rings. The summed E-state index contributed by atoms with van der Waals surface area (Å²) in [6.45, 7) is 0. The third-order valence-corrected chi connectivity index (χ3v) is 5.82. The van der Waals surface area contributed by atoms with Crippen molar-refractivity contribution in [2.45, 2.75) is 23.8 Å². The van der Waals surface area contributed by atoms with Crippen LogP contribution in [0.3, 0.4) is 0 Å². The van der Waals surface area contributed by atoms with Gasteiger partial charge in [0.15, 0.2) is 0 Å². The van der Waals surface area contributed by atoms with Gasteiger partial charge in [-0.05, 0) is 42.2 Å². The van der Waals surface area contributed by atoms with Crippen molar-refractivity contribution in [2.75, 3.05) is 7.11 Å². The van der Waals surface area contributed by atoms with Gasteiger partial charge in [-0.2, -0.15) is 0 Å². The van der Waals surface area contributed by atoms with Crippen LogP contribution in [0.25, 0.3) is 0 Å². The molecule has 0 radical (unpaired) electrons. The molecule has 2 aromatic carbocycles. The maximum absolute atomic E-state index is 12.7. The first-order chi connectivity index (χ1) is 10.5. The van der Waals surface area contributed by atoms with Crippen LogP contribution in [0.2, 0.25) is 0 Å². The molecule has 0 spiro atoms. The minimum absolute atomic E-state index is 0.119. The Morgan fingerprint density at radius 2 is 1.77 bits per heavy atom. The summed E-state index contributed by atoms with van der Waals surface area (Å²) in [4.78, 5) is 0.153. The summed E-state index contributed by atoms with van der Waals surface area (Å²) in [7, 11) is -2.17. The van der Waals surface area contributed by atoms with Gasteiger partial charge in [-0.1, -0.05) is 40.2 Å². The maximum Gasteiger partial charge on any atom is 0.244 e. The Hall–Kier alpha value is -1.37. The van der Waals surface area contributed by atoms with Gasteiger partial charge in [0.2, 0.25) is 10.0 Å². The molecular weight excluding hydrogens is 366 g/mol. The van der Waals surface area contributed by atoms with Crippen molar-refractivity contribution < 1.29 is 13.2 Å². The molecule has 0 bridgehead atoms. The molecule has 2 aromatic rings. The molecule has 6 heteroatoms. The van der Waals surface area contributed by atoms with E-state index in [0.29, 0.717) is 23.1 Å². The van der Waals surface area contributed by atoms with E-state index in [4.69, 9.17) is 4.74 Å². The number of hydrogen-bond acceptors (Lipinski definition) is 3. The number of hydrogen-bond donors (Lipinski definition) is 1. The summed E-state index contributed by atoms with van der Waals surface area (Å²) >= 11 is 3.31. The number of rotatable bonds is 4. The van der Waals surface area contributed by atoms with Crippen molar-refractivity contribution in [3.8, 4) is 5.75 Å². The molecule has 0 aliphatic heterocycles. The molecule has 1 aliphatic rings. The minimum atomic E-state index is -3.63. The van der Waals surface area contributed by atoms with Crippen LogP contribution in [0.4, 0.5) is 0 Å². The van der Waals surface area contributed by atoms with Crippen LogP contribution >= 0.6 is 15.9 Å². The van der Waals surface area contributed by atoms with Crippen LogP contribution < -0.4 is 9.46 Å². The third-order valence-electron chi connectivity index (χ3n) is 3.79. The first-order valence-electron chi connectivity index (χ1n) is 6.92. The van der Waals surface area contributed by atoms with E-state index in [-0.39, 0.29) is 10.9 Å². The molecule has 1 N–H and O–H groups in total. The average Bonchev–Trinajstić information content (AvgIpc) is 2.88. The fourth-order valence-corrected chi connectivity index (χ4v) is 4.73. The predicted octanol–water partition coefficient (Wildman–Crippen LogP) is 2.90. The SMILES string of the molecule is COc1ccc(Br)cc1S(=O)(=O)NC1Cc2ccccc2C1. The Balaban J connectivity index is 1.85. The number of sulfonamides is 1. The number of ether oxygens (including phenoxy) is 1. The van der Waals surface area contributed by atoms with Gasteiger partial charge >= 0.3 is 0 Å². The highest BCUT2D eigenvalue weighted by Crippen LogP contribution is 2.29. The summed E-state index contributed by atoms with van der Waals surface area (Å²) in [6.07, 6.45) is 1.43. The molecule has 0 amide bonds. The van der Waals surface area contributed by atoms with E-state index in [0.717, 1.165) is 0 Å². The molecule has 22 heavy (non-hydrogen) atoms. The lowest BCUT2D eigenvalue weighted by atomic mass is 10.1. The van der Waals surface area contributed by atoms with Gasteiger partial charge < -0.3 is 4.74 Å². The number of methoxy groups -OCH3 is 1. The second kappa shape index (κ2) is 6.02. The Kier molecular flexibility index (Phi) is 4.25. The van der Waals surface area contributed by atoms with Crippen LogP contribution in [0, 0.1) is 0 Å². The van der Waals surface area contributed by atoms with Crippen molar-refractivity contribution in [2.24, 2.45) is 0 Å². The highest BCUT2D eigenvalue weighted by molar-refractivity contribution is 9.10. The number of halogens is 1.